The van der Waals surface area contributed by atoms with Crippen LogP contribution < -0.4 is 0 Å². The van der Waals surface area contributed by atoms with E-state index in [1.54, 1.807) is 6.08 Å². The fraction of sp³-hybridized carbons (Fsp3) is 0.111. The van der Waals surface area contributed by atoms with Crippen molar-refractivity contribution in [2.45, 2.75) is 13.8 Å². The Labute approximate surface area is 152 Å². The number of nitrogens with zero attached hydrogens (tertiary/aromatic N) is 2. The van der Waals surface area contributed by atoms with Crippen molar-refractivity contribution in [2.24, 2.45) is 0 Å². The molecule has 0 radical (unpaired) electrons. The Bertz CT molecular complexity index is 911. The van der Waals surface area contributed by atoms with E-state index in [0.717, 1.165) is 26.7 Å². The Morgan fingerprint density at radius 1 is 1.17 bits per heavy atom. The van der Waals surface area contributed by atoms with E-state index in [4.69, 9.17) is 16.0 Å². The molecule has 0 aliphatic heterocycles. The highest BCUT2D eigenvalue weighted by Crippen LogP contribution is 2.30. The summed E-state index contributed by atoms with van der Waals surface area (Å²) in [4.78, 5) is 0. The summed E-state index contributed by atoms with van der Waals surface area (Å²) in [5.41, 5.74) is 3.22. The third kappa shape index (κ3) is 3.37. The Kier molecular flexibility index (Phi) is 4.73. The van der Waals surface area contributed by atoms with Gasteiger partial charge in [0.2, 0.25) is 5.89 Å². The lowest BCUT2D eigenvalue weighted by atomic mass is 10.1. The molecule has 3 aromatic rings. The molecule has 6 heteroatoms. The van der Waals surface area contributed by atoms with Gasteiger partial charge >= 0.3 is 0 Å². The maximum absolute atomic E-state index is 9.84. The van der Waals surface area contributed by atoms with Crippen LogP contribution in [0.2, 0.25) is 0 Å². The number of benzene rings is 2. The summed E-state index contributed by atoms with van der Waals surface area (Å²) in [5.74, 6) is 0.921. The van der Waals surface area contributed by atoms with Crippen LogP contribution in [-0.2, 0) is 0 Å². The molecule has 0 spiro atoms. The minimum absolute atomic E-state index is 0.241. The Morgan fingerprint density at radius 3 is 2.50 bits per heavy atom. The van der Waals surface area contributed by atoms with Gasteiger partial charge < -0.3 is 9.52 Å². The quantitative estimate of drug-likeness (QED) is 0.620. The molecule has 0 aliphatic carbocycles. The molecular formula is C18H14BrClN2O2. The molecule has 0 saturated carbocycles. The number of hydrogen-bond acceptors (Lipinski definition) is 4. The van der Waals surface area contributed by atoms with Crippen molar-refractivity contribution in [2.75, 3.05) is 0 Å². The first-order valence-electron chi connectivity index (χ1n) is 7.22. The molecule has 1 aromatic heterocycles. The second-order valence-electron chi connectivity index (χ2n) is 5.39. The lowest BCUT2D eigenvalue weighted by Gasteiger charge is -2.05. The molecule has 122 valence electrons. The standard InChI is InChI=1S/C18H14BrClN2O2/c1-10-7-12(8-11(2)16(10)23)9-15(20)18-22-21-17(24-18)13-5-3-4-6-14(13)19/h3-9,23H,1-2H3/b15-9-. The van der Waals surface area contributed by atoms with E-state index < -0.39 is 0 Å². The molecule has 1 N–H and O–H groups in total. The second kappa shape index (κ2) is 6.79. The largest absolute Gasteiger partial charge is 0.507 e. The summed E-state index contributed by atoms with van der Waals surface area (Å²) in [7, 11) is 0. The second-order valence-corrected chi connectivity index (χ2v) is 6.65. The maximum atomic E-state index is 9.84. The molecule has 24 heavy (non-hydrogen) atoms. The van der Waals surface area contributed by atoms with Crippen molar-refractivity contribution in [1.29, 1.82) is 0 Å². The van der Waals surface area contributed by atoms with E-state index in [1.165, 1.54) is 0 Å². The van der Waals surface area contributed by atoms with E-state index >= 15 is 0 Å². The van der Waals surface area contributed by atoms with Gasteiger partial charge in [-0.15, -0.1) is 10.2 Å². The molecule has 0 bridgehead atoms. The topological polar surface area (TPSA) is 59.2 Å². The number of phenols is 1. The minimum Gasteiger partial charge on any atom is -0.507 e. The van der Waals surface area contributed by atoms with Crippen molar-refractivity contribution in [3.8, 4) is 17.2 Å². The maximum Gasteiger partial charge on any atom is 0.259 e. The molecule has 2 aromatic carbocycles. The van der Waals surface area contributed by atoms with Gasteiger partial charge in [-0.25, -0.2) is 0 Å². The zero-order valence-electron chi connectivity index (χ0n) is 13.0. The number of hydrogen-bond donors (Lipinski definition) is 1. The molecule has 0 amide bonds. The normalized spacial score (nSPS) is 11.8. The van der Waals surface area contributed by atoms with E-state index in [-0.39, 0.29) is 11.6 Å². The van der Waals surface area contributed by atoms with Crippen molar-refractivity contribution in [3.05, 3.63) is 63.5 Å². The van der Waals surface area contributed by atoms with Gasteiger partial charge in [0.1, 0.15) is 10.8 Å². The predicted octanol–water partition coefficient (Wildman–Crippen LogP) is 5.56. The average Bonchev–Trinajstić information content (AvgIpc) is 3.03. The highest BCUT2D eigenvalue weighted by molar-refractivity contribution is 9.10. The van der Waals surface area contributed by atoms with Crippen molar-refractivity contribution < 1.29 is 9.52 Å². The molecule has 3 rings (SSSR count). The molecule has 0 fully saturated rings. The molecule has 0 aliphatic rings. The molecule has 0 unspecified atom stereocenters. The first kappa shape index (κ1) is 16.7. The zero-order valence-corrected chi connectivity index (χ0v) is 15.4. The van der Waals surface area contributed by atoms with E-state index in [0.29, 0.717) is 10.9 Å². The Hall–Kier alpha value is -2.11. The van der Waals surface area contributed by atoms with Crippen LogP contribution in [0, 0.1) is 13.8 Å². The predicted molar refractivity (Wildman–Crippen MR) is 98.7 cm³/mol. The number of phenolic OH excluding ortho intramolecular Hbond substituents is 1. The van der Waals surface area contributed by atoms with Gasteiger partial charge in [0.25, 0.3) is 5.89 Å². The van der Waals surface area contributed by atoms with Crippen LogP contribution >= 0.6 is 27.5 Å². The first-order chi connectivity index (χ1) is 11.5. The SMILES string of the molecule is Cc1cc(/C=C(\Cl)c2nnc(-c3ccccc3Br)o2)cc(C)c1O. The van der Waals surface area contributed by atoms with Gasteiger partial charge in [-0.2, -0.15) is 0 Å². The third-order valence-corrected chi connectivity index (χ3v) is 4.50. The number of halogens is 2. The highest BCUT2D eigenvalue weighted by atomic mass is 79.9. The molecular weight excluding hydrogens is 392 g/mol. The minimum atomic E-state index is 0.241. The van der Waals surface area contributed by atoms with Crippen molar-refractivity contribution in [1.82, 2.24) is 10.2 Å². The smallest absolute Gasteiger partial charge is 0.259 e. The summed E-state index contributed by atoms with van der Waals surface area (Å²) in [6, 6.07) is 11.3. The first-order valence-corrected chi connectivity index (χ1v) is 8.39. The van der Waals surface area contributed by atoms with E-state index in [2.05, 4.69) is 26.1 Å². The number of aromatic nitrogens is 2. The molecule has 1 heterocycles. The van der Waals surface area contributed by atoms with Crippen LogP contribution in [0.5, 0.6) is 5.75 Å². The average molecular weight is 406 g/mol. The summed E-state index contributed by atoms with van der Waals surface area (Å²) >= 11 is 9.77. The van der Waals surface area contributed by atoms with Crippen LogP contribution in [-0.4, -0.2) is 15.3 Å². The van der Waals surface area contributed by atoms with Gasteiger partial charge in [-0.3, -0.25) is 0 Å². The summed E-state index contributed by atoms with van der Waals surface area (Å²) in [6.07, 6.45) is 1.73. The number of aryl methyl sites for hydroxylation is 2. The van der Waals surface area contributed by atoms with E-state index in [9.17, 15) is 5.11 Å². The Morgan fingerprint density at radius 2 is 1.83 bits per heavy atom. The molecule has 0 atom stereocenters. The fourth-order valence-corrected chi connectivity index (χ4v) is 3.00. The molecule has 0 saturated heterocycles. The summed E-state index contributed by atoms with van der Waals surface area (Å²) in [5, 5.41) is 18.2. The third-order valence-electron chi connectivity index (χ3n) is 3.54. The summed E-state index contributed by atoms with van der Waals surface area (Å²) in [6.45, 7) is 3.68. The monoisotopic (exact) mass is 404 g/mol. The van der Waals surface area contributed by atoms with Crippen molar-refractivity contribution in [3.63, 3.8) is 0 Å². The summed E-state index contributed by atoms with van der Waals surface area (Å²) < 4.78 is 6.53. The van der Waals surface area contributed by atoms with Crippen molar-refractivity contribution >= 4 is 38.6 Å². The lowest BCUT2D eigenvalue weighted by Crippen LogP contribution is -1.84. The van der Waals surface area contributed by atoms with Gasteiger partial charge in [0.05, 0.1) is 5.56 Å². The van der Waals surface area contributed by atoms with Gasteiger partial charge in [-0.05, 0) is 76.8 Å². The highest BCUT2D eigenvalue weighted by Gasteiger charge is 2.13. The number of aromatic hydroxyl groups is 1. The van der Waals surface area contributed by atoms with Crippen LogP contribution in [0.4, 0.5) is 0 Å². The molecule has 4 nitrogen and oxygen atoms in total. The lowest BCUT2D eigenvalue weighted by molar-refractivity contribution is 0.467. The van der Waals surface area contributed by atoms with Crippen LogP contribution in [0.1, 0.15) is 22.6 Å². The zero-order chi connectivity index (χ0) is 17.3. The van der Waals surface area contributed by atoms with Crippen LogP contribution in [0.15, 0.2) is 45.3 Å². The van der Waals surface area contributed by atoms with Crippen LogP contribution in [0.25, 0.3) is 22.6 Å². The number of rotatable bonds is 3. The van der Waals surface area contributed by atoms with Gasteiger partial charge in [0, 0.05) is 4.47 Å². The Balaban J connectivity index is 1.94. The fourth-order valence-electron chi connectivity index (χ4n) is 2.34. The van der Waals surface area contributed by atoms with Gasteiger partial charge in [-0.1, -0.05) is 23.7 Å². The van der Waals surface area contributed by atoms with Crippen LogP contribution in [0.3, 0.4) is 0 Å². The van der Waals surface area contributed by atoms with Gasteiger partial charge in [0.15, 0.2) is 0 Å². The van der Waals surface area contributed by atoms with E-state index in [1.807, 2.05) is 50.2 Å².